The number of hydrogen-bond donors (Lipinski definition) is 0. The smallest absolute Gasteiger partial charge is 0.310 e. The molecule has 0 radical (unpaired) electrons. The second-order valence-electron chi connectivity index (χ2n) is 7.10. The molecule has 26 heavy (non-hydrogen) atoms. The van der Waals surface area contributed by atoms with Crippen molar-refractivity contribution >= 4 is 40.8 Å². The van der Waals surface area contributed by atoms with Crippen molar-refractivity contribution in [3.05, 3.63) is 69.7 Å². The number of rotatable bonds is 5. The SMILES string of the molecule is CC1(C)[C@H](C=C(Cl)Cl)[C@H]1C(=O)OCc1cccc(-c2cccc(Cl)c2)c1. The lowest BCUT2D eigenvalue weighted by molar-refractivity contribution is -0.147. The highest BCUT2D eigenvalue weighted by atomic mass is 35.5. The Morgan fingerprint density at radius 1 is 1.12 bits per heavy atom. The van der Waals surface area contributed by atoms with Crippen LogP contribution in [0.4, 0.5) is 0 Å². The fourth-order valence-corrected chi connectivity index (χ4v) is 3.79. The van der Waals surface area contributed by atoms with Crippen LogP contribution in [0.1, 0.15) is 19.4 Å². The van der Waals surface area contributed by atoms with Crippen molar-refractivity contribution in [3.8, 4) is 11.1 Å². The number of carbonyl (C=O) groups is 1. The Bertz CT molecular complexity index is 854. The van der Waals surface area contributed by atoms with Crippen LogP contribution in [0.15, 0.2) is 59.1 Å². The van der Waals surface area contributed by atoms with Gasteiger partial charge in [0.05, 0.1) is 5.92 Å². The monoisotopic (exact) mass is 408 g/mol. The van der Waals surface area contributed by atoms with E-state index in [0.29, 0.717) is 5.02 Å². The average molecular weight is 410 g/mol. The number of carbonyl (C=O) groups excluding carboxylic acids is 1. The Labute approximate surface area is 168 Å². The highest BCUT2D eigenvalue weighted by molar-refractivity contribution is 6.55. The Kier molecular flexibility index (Phi) is 5.67. The number of allylic oxidation sites excluding steroid dienone is 1. The molecule has 136 valence electrons. The zero-order valence-corrected chi connectivity index (χ0v) is 16.8. The number of esters is 1. The van der Waals surface area contributed by atoms with Crippen molar-refractivity contribution in [2.24, 2.45) is 17.3 Å². The van der Waals surface area contributed by atoms with Gasteiger partial charge in [0.2, 0.25) is 0 Å². The molecule has 2 nitrogen and oxygen atoms in total. The third-order valence-corrected chi connectivity index (χ3v) is 5.42. The van der Waals surface area contributed by atoms with Gasteiger partial charge in [-0.3, -0.25) is 4.79 Å². The molecule has 0 saturated heterocycles. The van der Waals surface area contributed by atoms with Gasteiger partial charge < -0.3 is 4.74 Å². The molecule has 0 spiro atoms. The Morgan fingerprint density at radius 2 is 1.77 bits per heavy atom. The van der Waals surface area contributed by atoms with E-state index in [1.54, 1.807) is 6.08 Å². The van der Waals surface area contributed by atoms with Crippen LogP contribution in [0.25, 0.3) is 11.1 Å². The molecule has 2 aromatic rings. The summed E-state index contributed by atoms with van der Waals surface area (Å²) in [5.74, 6) is -0.428. The zero-order valence-electron chi connectivity index (χ0n) is 14.5. The minimum Gasteiger partial charge on any atom is -0.461 e. The van der Waals surface area contributed by atoms with Crippen LogP contribution in [0.2, 0.25) is 5.02 Å². The number of ether oxygens (including phenoxy) is 1. The summed E-state index contributed by atoms with van der Waals surface area (Å²) in [6, 6.07) is 15.5. The van der Waals surface area contributed by atoms with E-state index in [1.807, 2.05) is 62.4 Å². The summed E-state index contributed by atoms with van der Waals surface area (Å²) < 4.78 is 5.72. The van der Waals surface area contributed by atoms with Crippen LogP contribution in [-0.2, 0) is 16.1 Å². The standard InChI is InChI=1S/C21H19Cl3O2/c1-21(2)17(11-18(23)24)19(21)20(25)26-12-13-5-3-6-14(9-13)15-7-4-8-16(22)10-15/h3-11,17,19H,12H2,1-2H3/t17-,19+/m1/s1. The van der Waals surface area contributed by atoms with Crippen LogP contribution < -0.4 is 0 Å². The largest absolute Gasteiger partial charge is 0.461 e. The first-order valence-electron chi connectivity index (χ1n) is 8.33. The maximum absolute atomic E-state index is 12.4. The van der Waals surface area contributed by atoms with E-state index in [0.717, 1.165) is 16.7 Å². The van der Waals surface area contributed by atoms with Crippen molar-refractivity contribution < 1.29 is 9.53 Å². The second-order valence-corrected chi connectivity index (χ2v) is 8.54. The summed E-state index contributed by atoms with van der Waals surface area (Å²) in [4.78, 5) is 12.4. The lowest BCUT2D eigenvalue weighted by atomic mass is 10.0. The molecule has 1 saturated carbocycles. The fourth-order valence-electron chi connectivity index (χ4n) is 3.33. The molecule has 1 fully saturated rings. The molecular weight excluding hydrogens is 391 g/mol. The summed E-state index contributed by atoms with van der Waals surface area (Å²) in [5.41, 5.74) is 2.80. The van der Waals surface area contributed by atoms with Crippen LogP contribution in [0.3, 0.4) is 0 Å². The summed E-state index contributed by atoms with van der Waals surface area (Å²) in [5, 5.41) is 0.687. The lowest BCUT2D eigenvalue weighted by Gasteiger charge is -2.08. The van der Waals surface area contributed by atoms with Gasteiger partial charge in [-0.05, 0) is 52.3 Å². The van der Waals surface area contributed by atoms with Crippen molar-refractivity contribution in [2.45, 2.75) is 20.5 Å². The van der Waals surface area contributed by atoms with Crippen molar-refractivity contribution in [1.82, 2.24) is 0 Å². The minimum atomic E-state index is -0.223. The van der Waals surface area contributed by atoms with Gasteiger partial charge in [0.1, 0.15) is 11.1 Å². The van der Waals surface area contributed by atoms with Gasteiger partial charge in [-0.25, -0.2) is 0 Å². The first-order chi connectivity index (χ1) is 12.3. The number of halogens is 3. The van der Waals surface area contributed by atoms with E-state index in [4.69, 9.17) is 39.5 Å². The minimum absolute atomic E-state index is 0.0118. The van der Waals surface area contributed by atoms with E-state index < -0.39 is 0 Å². The Morgan fingerprint density at radius 3 is 2.42 bits per heavy atom. The third kappa shape index (κ3) is 4.25. The zero-order chi connectivity index (χ0) is 18.9. The maximum atomic E-state index is 12.4. The molecule has 0 N–H and O–H groups in total. The molecule has 2 atom stereocenters. The van der Waals surface area contributed by atoms with Crippen molar-refractivity contribution in [1.29, 1.82) is 0 Å². The third-order valence-electron chi connectivity index (χ3n) is 4.94. The molecule has 0 bridgehead atoms. The van der Waals surface area contributed by atoms with E-state index in [2.05, 4.69) is 0 Å². The van der Waals surface area contributed by atoms with Gasteiger partial charge >= 0.3 is 5.97 Å². The van der Waals surface area contributed by atoms with Crippen LogP contribution in [-0.4, -0.2) is 5.97 Å². The normalized spacial score (nSPS) is 20.3. The van der Waals surface area contributed by atoms with Crippen molar-refractivity contribution in [2.75, 3.05) is 0 Å². The van der Waals surface area contributed by atoms with Gasteiger partial charge in [0.15, 0.2) is 0 Å². The van der Waals surface area contributed by atoms with Crippen molar-refractivity contribution in [3.63, 3.8) is 0 Å². The summed E-state index contributed by atoms with van der Waals surface area (Å²) in [7, 11) is 0. The summed E-state index contributed by atoms with van der Waals surface area (Å²) in [6.07, 6.45) is 1.72. The number of benzene rings is 2. The molecule has 0 unspecified atom stereocenters. The second kappa shape index (κ2) is 7.64. The highest BCUT2D eigenvalue weighted by Crippen LogP contribution is 2.60. The molecule has 5 heteroatoms. The van der Waals surface area contributed by atoms with Crippen LogP contribution in [0, 0.1) is 17.3 Å². The molecule has 1 aliphatic rings. The summed E-state index contributed by atoms with van der Waals surface area (Å²) >= 11 is 17.5. The van der Waals surface area contributed by atoms with E-state index in [1.165, 1.54) is 0 Å². The highest BCUT2D eigenvalue weighted by Gasteiger charge is 2.61. The van der Waals surface area contributed by atoms with Gasteiger partial charge in [-0.1, -0.05) is 79.0 Å². The Hall–Kier alpha value is -1.48. The van der Waals surface area contributed by atoms with Crippen LogP contribution >= 0.6 is 34.8 Å². The molecule has 0 aliphatic heterocycles. The topological polar surface area (TPSA) is 26.3 Å². The molecule has 0 aromatic heterocycles. The molecule has 3 rings (SSSR count). The molecule has 0 heterocycles. The van der Waals surface area contributed by atoms with Crippen LogP contribution in [0.5, 0.6) is 0 Å². The van der Waals surface area contributed by atoms with Gasteiger partial charge in [0, 0.05) is 5.02 Å². The molecule has 1 aliphatic carbocycles. The van der Waals surface area contributed by atoms with Gasteiger partial charge in [-0.2, -0.15) is 0 Å². The fraction of sp³-hybridized carbons (Fsp3) is 0.286. The van der Waals surface area contributed by atoms with E-state index in [9.17, 15) is 4.79 Å². The lowest BCUT2D eigenvalue weighted by Crippen LogP contribution is -2.10. The first-order valence-corrected chi connectivity index (χ1v) is 9.47. The van der Waals surface area contributed by atoms with E-state index in [-0.39, 0.29) is 34.3 Å². The maximum Gasteiger partial charge on any atom is 0.310 e. The molecule has 0 amide bonds. The van der Waals surface area contributed by atoms with Gasteiger partial charge in [0.25, 0.3) is 0 Å². The number of hydrogen-bond acceptors (Lipinski definition) is 2. The first kappa shape index (κ1) is 19.3. The van der Waals surface area contributed by atoms with Gasteiger partial charge in [-0.15, -0.1) is 0 Å². The predicted octanol–water partition coefficient (Wildman–Crippen LogP) is 6.64. The summed E-state index contributed by atoms with van der Waals surface area (Å²) in [6.45, 7) is 4.25. The molecular formula is C21H19Cl3O2. The average Bonchev–Trinajstić information content (AvgIpc) is 3.12. The van der Waals surface area contributed by atoms with E-state index >= 15 is 0 Å². The predicted molar refractivity (Wildman–Crippen MR) is 107 cm³/mol. The quantitative estimate of drug-likeness (QED) is 0.517. The molecule has 2 aromatic carbocycles. The Balaban J connectivity index is 1.66.